The molecule has 3 heteroatoms. The van der Waals surface area contributed by atoms with Crippen LogP contribution in [0, 0.1) is 0 Å². The summed E-state index contributed by atoms with van der Waals surface area (Å²) in [5, 5.41) is 0. The molecule has 0 aromatic carbocycles. The Morgan fingerprint density at radius 3 is 1.93 bits per heavy atom. The largest absolute Gasteiger partial charge is 0.285 e. The summed E-state index contributed by atoms with van der Waals surface area (Å²) in [5.74, 6) is 0. The van der Waals surface area contributed by atoms with Crippen LogP contribution < -0.4 is 0 Å². The molecule has 92 valence electrons. The van der Waals surface area contributed by atoms with Crippen molar-refractivity contribution in [3.8, 4) is 0 Å². The first-order chi connectivity index (χ1) is 6.83. The molecule has 15 heavy (non-hydrogen) atoms. The average molecular weight is 234 g/mol. The fourth-order valence-electron chi connectivity index (χ4n) is 0.904. The van der Waals surface area contributed by atoms with Crippen LogP contribution in [-0.4, -0.2) is 11.2 Å². The van der Waals surface area contributed by atoms with E-state index in [2.05, 4.69) is 41.5 Å². The van der Waals surface area contributed by atoms with E-state index in [-0.39, 0.29) is 11.2 Å². The molecule has 0 N–H and O–H groups in total. The van der Waals surface area contributed by atoms with Gasteiger partial charge in [0, 0.05) is 0 Å². The Morgan fingerprint density at radius 2 is 1.47 bits per heavy atom. The lowest BCUT2D eigenvalue weighted by Gasteiger charge is -2.27. The monoisotopic (exact) mass is 234 g/mol. The molecule has 0 unspecified atom stereocenters. The summed E-state index contributed by atoms with van der Waals surface area (Å²) in [4.78, 5) is 0. The Kier molecular flexibility index (Phi) is 6.89. The molecule has 0 bridgehead atoms. The van der Waals surface area contributed by atoms with Crippen LogP contribution in [0.1, 0.15) is 67.2 Å². The highest BCUT2D eigenvalue weighted by Gasteiger charge is 2.22. The highest BCUT2D eigenvalue weighted by molar-refractivity contribution is 7.89. The van der Waals surface area contributed by atoms with Crippen LogP contribution in [0.4, 0.5) is 0 Å². The standard InChI is InChI=1S/C12H26O2S/c1-7-9-10-12(5,6)14-15-13-11(3,4)8-2/h7-10H2,1-6H3. The van der Waals surface area contributed by atoms with Crippen molar-refractivity contribution in [2.45, 2.75) is 78.4 Å². The van der Waals surface area contributed by atoms with E-state index in [1.807, 2.05) is 0 Å². The maximum absolute atomic E-state index is 5.66. The molecule has 0 saturated heterocycles. The first-order valence-corrected chi connectivity index (χ1v) is 6.53. The normalized spacial score (nSPS) is 13.2. The summed E-state index contributed by atoms with van der Waals surface area (Å²) in [5.41, 5.74) is -0.198. The zero-order valence-electron chi connectivity index (χ0n) is 11.1. The van der Waals surface area contributed by atoms with Crippen molar-refractivity contribution in [3.63, 3.8) is 0 Å². The third kappa shape index (κ3) is 8.12. The molecule has 0 aliphatic heterocycles. The molecule has 0 rings (SSSR count). The molecule has 0 radical (unpaired) electrons. The number of unbranched alkanes of at least 4 members (excludes halogenated alkanes) is 1. The minimum absolute atomic E-state index is 0.0928. The molecule has 0 spiro atoms. The summed E-state index contributed by atoms with van der Waals surface area (Å²) >= 11 is 1.14. The van der Waals surface area contributed by atoms with Crippen molar-refractivity contribution < 1.29 is 8.37 Å². The summed E-state index contributed by atoms with van der Waals surface area (Å²) in [7, 11) is 0. The summed E-state index contributed by atoms with van der Waals surface area (Å²) in [6, 6.07) is 0. The molecule has 0 heterocycles. The lowest BCUT2D eigenvalue weighted by atomic mass is 10.0. The second-order valence-corrected chi connectivity index (χ2v) is 5.68. The van der Waals surface area contributed by atoms with Gasteiger partial charge in [-0.3, -0.25) is 8.37 Å². The van der Waals surface area contributed by atoms with E-state index in [4.69, 9.17) is 8.37 Å². The summed E-state index contributed by atoms with van der Waals surface area (Å²) in [6.07, 6.45) is 4.47. The van der Waals surface area contributed by atoms with Crippen LogP contribution in [0.15, 0.2) is 0 Å². The van der Waals surface area contributed by atoms with Gasteiger partial charge >= 0.3 is 0 Å². The van der Waals surface area contributed by atoms with Gasteiger partial charge in [0.2, 0.25) is 0 Å². The quantitative estimate of drug-likeness (QED) is 0.565. The van der Waals surface area contributed by atoms with Crippen LogP contribution in [0.25, 0.3) is 0 Å². The topological polar surface area (TPSA) is 18.5 Å². The van der Waals surface area contributed by atoms with Gasteiger partial charge in [0.25, 0.3) is 0 Å². The Balaban J connectivity index is 3.74. The highest BCUT2D eigenvalue weighted by Crippen LogP contribution is 2.28. The molecule has 0 saturated carbocycles. The smallest absolute Gasteiger partial charge is 0.159 e. The number of hydrogen-bond acceptors (Lipinski definition) is 3. The van der Waals surface area contributed by atoms with Crippen molar-refractivity contribution in [3.05, 3.63) is 0 Å². The van der Waals surface area contributed by atoms with E-state index in [1.54, 1.807) is 0 Å². The van der Waals surface area contributed by atoms with Crippen LogP contribution in [0.5, 0.6) is 0 Å². The van der Waals surface area contributed by atoms with Gasteiger partial charge in [-0.1, -0.05) is 26.7 Å². The van der Waals surface area contributed by atoms with Gasteiger partial charge < -0.3 is 0 Å². The molecule has 0 aliphatic rings. The maximum Gasteiger partial charge on any atom is 0.159 e. The zero-order chi connectivity index (χ0) is 11.9. The van der Waals surface area contributed by atoms with Gasteiger partial charge in [-0.15, -0.1) is 0 Å². The molecule has 0 aliphatic carbocycles. The molecule has 2 nitrogen and oxygen atoms in total. The van der Waals surface area contributed by atoms with Crippen molar-refractivity contribution >= 4 is 12.3 Å². The first-order valence-electron chi connectivity index (χ1n) is 5.86. The molecule has 0 atom stereocenters. The fourth-order valence-corrected chi connectivity index (χ4v) is 1.51. The van der Waals surface area contributed by atoms with Crippen LogP contribution in [0.3, 0.4) is 0 Å². The fraction of sp³-hybridized carbons (Fsp3) is 1.00. The molecule has 0 aromatic heterocycles. The lowest BCUT2D eigenvalue weighted by Crippen LogP contribution is -2.24. The molecular formula is C12H26O2S. The molecule has 0 amide bonds. The van der Waals surface area contributed by atoms with E-state index >= 15 is 0 Å². The van der Waals surface area contributed by atoms with Crippen LogP contribution >= 0.6 is 12.3 Å². The van der Waals surface area contributed by atoms with Crippen molar-refractivity contribution in [1.29, 1.82) is 0 Å². The van der Waals surface area contributed by atoms with E-state index in [0.717, 1.165) is 25.2 Å². The van der Waals surface area contributed by atoms with Gasteiger partial charge in [-0.25, -0.2) is 0 Å². The van der Waals surface area contributed by atoms with Crippen LogP contribution in [-0.2, 0) is 8.37 Å². The minimum atomic E-state index is -0.106. The van der Waals surface area contributed by atoms with Gasteiger partial charge in [0.05, 0.1) is 11.2 Å². The van der Waals surface area contributed by atoms with Crippen LogP contribution in [0.2, 0.25) is 0 Å². The van der Waals surface area contributed by atoms with E-state index in [1.165, 1.54) is 12.8 Å². The zero-order valence-corrected chi connectivity index (χ0v) is 11.9. The summed E-state index contributed by atoms with van der Waals surface area (Å²) in [6.45, 7) is 12.7. The minimum Gasteiger partial charge on any atom is -0.285 e. The number of rotatable bonds is 8. The molecule has 0 aromatic rings. The Bertz CT molecular complexity index is 167. The van der Waals surface area contributed by atoms with Crippen molar-refractivity contribution in [1.82, 2.24) is 0 Å². The van der Waals surface area contributed by atoms with E-state index in [9.17, 15) is 0 Å². The van der Waals surface area contributed by atoms with Gasteiger partial charge in [-0.2, -0.15) is 0 Å². The Labute approximate surface area is 99.5 Å². The van der Waals surface area contributed by atoms with E-state index in [0.29, 0.717) is 0 Å². The third-order valence-electron chi connectivity index (χ3n) is 2.50. The summed E-state index contributed by atoms with van der Waals surface area (Å²) < 4.78 is 11.3. The molecular weight excluding hydrogens is 208 g/mol. The SMILES string of the molecule is CCCCC(C)(C)OSOC(C)(C)CC. The van der Waals surface area contributed by atoms with Gasteiger partial charge in [-0.05, 0) is 40.5 Å². The predicted octanol–water partition coefficient (Wildman–Crippen LogP) is 4.74. The first kappa shape index (κ1) is 15.3. The van der Waals surface area contributed by atoms with Crippen molar-refractivity contribution in [2.24, 2.45) is 0 Å². The Morgan fingerprint density at radius 1 is 0.933 bits per heavy atom. The number of hydrogen-bond donors (Lipinski definition) is 0. The average Bonchev–Trinajstić information content (AvgIpc) is 2.14. The molecule has 0 fully saturated rings. The van der Waals surface area contributed by atoms with Crippen molar-refractivity contribution in [2.75, 3.05) is 0 Å². The maximum atomic E-state index is 5.66. The predicted molar refractivity (Wildman–Crippen MR) is 67.7 cm³/mol. The Hall–Kier alpha value is 0.270. The highest BCUT2D eigenvalue weighted by atomic mass is 32.2. The lowest BCUT2D eigenvalue weighted by molar-refractivity contribution is 0.0705. The second-order valence-electron chi connectivity index (χ2n) is 5.21. The third-order valence-corrected chi connectivity index (χ3v) is 3.54. The van der Waals surface area contributed by atoms with Gasteiger partial charge in [0.15, 0.2) is 12.3 Å². The van der Waals surface area contributed by atoms with Gasteiger partial charge in [0.1, 0.15) is 0 Å². The second kappa shape index (κ2) is 6.77. The van der Waals surface area contributed by atoms with E-state index < -0.39 is 0 Å².